The summed E-state index contributed by atoms with van der Waals surface area (Å²) in [7, 11) is 1.39. The lowest BCUT2D eigenvalue weighted by atomic mass is 10.1. The number of hydrogen-bond acceptors (Lipinski definition) is 4. The average molecular weight is 311 g/mol. The van der Waals surface area contributed by atoms with Gasteiger partial charge >= 0.3 is 5.97 Å². The summed E-state index contributed by atoms with van der Waals surface area (Å²) in [6.45, 7) is 2.53. The second-order valence-electron chi connectivity index (χ2n) is 5.64. The molecule has 2 aromatic carbocycles. The molecular weight excluding hydrogens is 290 g/mol. The molecule has 0 N–H and O–H groups in total. The number of carbonyl (C=O) groups is 1. The number of benzene rings is 2. The molecule has 4 nitrogen and oxygen atoms in total. The fourth-order valence-corrected chi connectivity index (χ4v) is 2.82. The zero-order valence-electron chi connectivity index (χ0n) is 13.3. The van der Waals surface area contributed by atoms with E-state index in [2.05, 4.69) is 4.90 Å². The van der Waals surface area contributed by atoms with Gasteiger partial charge in [-0.05, 0) is 30.5 Å². The lowest BCUT2D eigenvalue weighted by molar-refractivity contribution is 0.0595. The smallest absolute Gasteiger partial charge is 0.341 e. The van der Waals surface area contributed by atoms with Gasteiger partial charge in [-0.3, -0.25) is 0 Å². The van der Waals surface area contributed by atoms with Crippen LogP contribution in [0.15, 0.2) is 48.5 Å². The van der Waals surface area contributed by atoms with Crippen LogP contribution in [0.25, 0.3) is 0 Å². The van der Waals surface area contributed by atoms with Gasteiger partial charge in [0.1, 0.15) is 17.9 Å². The van der Waals surface area contributed by atoms with Crippen LogP contribution < -0.4 is 9.64 Å². The third kappa shape index (κ3) is 3.65. The fourth-order valence-electron chi connectivity index (χ4n) is 2.82. The molecule has 23 heavy (non-hydrogen) atoms. The largest absolute Gasteiger partial charge is 0.488 e. The number of methoxy groups -OCH3 is 1. The predicted octanol–water partition coefficient (Wildman–Crippen LogP) is 3.65. The SMILES string of the molecule is COC(=O)c1ccc(N2CCCC2)cc1OCc1ccccc1. The van der Waals surface area contributed by atoms with E-state index in [0.29, 0.717) is 17.9 Å². The monoisotopic (exact) mass is 311 g/mol. The second kappa shape index (κ2) is 7.18. The topological polar surface area (TPSA) is 38.8 Å². The van der Waals surface area contributed by atoms with Crippen molar-refractivity contribution in [1.82, 2.24) is 0 Å². The number of carbonyl (C=O) groups excluding carboxylic acids is 1. The van der Waals surface area contributed by atoms with Crippen LogP contribution in [0.1, 0.15) is 28.8 Å². The molecular formula is C19H21NO3. The van der Waals surface area contributed by atoms with E-state index in [1.165, 1.54) is 20.0 Å². The van der Waals surface area contributed by atoms with Crippen molar-refractivity contribution < 1.29 is 14.3 Å². The Morgan fingerprint density at radius 2 is 1.83 bits per heavy atom. The van der Waals surface area contributed by atoms with Gasteiger partial charge < -0.3 is 14.4 Å². The highest BCUT2D eigenvalue weighted by atomic mass is 16.5. The van der Waals surface area contributed by atoms with E-state index in [1.54, 1.807) is 6.07 Å². The molecule has 2 aromatic rings. The molecule has 0 unspecified atom stereocenters. The summed E-state index contributed by atoms with van der Waals surface area (Å²) < 4.78 is 10.8. The van der Waals surface area contributed by atoms with Crippen LogP contribution in [-0.2, 0) is 11.3 Å². The standard InChI is InChI=1S/C19H21NO3/c1-22-19(21)17-10-9-16(20-11-5-6-12-20)13-18(17)23-14-15-7-3-2-4-8-15/h2-4,7-10,13H,5-6,11-12,14H2,1H3. The van der Waals surface area contributed by atoms with E-state index in [1.807, 2.05) is 42.5 Å². The highest BCUT2D eigenvalue weighted by Crippen LogP contribution is 2.29. The van der Waals surface area contributed by atoms with E-state index in [0.717, 1.165) is 24.3 Å². The van der Waals surface area contributed by atoms with Gasteiger partial charge in [0.05, 0.1) is 7.11 Å². The van der Waals surface area contributed by atoms with Crippen molar-refractivity contribution in [2.75, 3.05) is 25.1 Å². The van der Waals surface area contributed by atoms with Crippen LogP contribution in [-0.4, -0.2) is 26.2 Å². The Morgan fingerprint density at radius 3 is 2.52 bits per heavy atom. The summed E-state index contributed by atoms with van der Waals surface area (Å²) in [6, 6.07) is 15.6. The number of anilines is 1. The summed E-state index contributed by atoms with van der Waals surface area (Å²) in [6.07, 6.45) is 2.41. The maximum atomic E-state index is 12.0. The van der Waals surface area contributed by atoms with Gasteiger partial charge in [-0.25, -0.2) is 4.79 Å². The van der Waals surface area contributed by atoms with Crippen molar-refractivity contribution in [2.45, 2.75) is 19.4 Å². The number of nitrogens with zero attached hydrogens (tertiary/aromatic N) is 1. The minimum atomic E-state index is -0.374. The fraction of sp³-hybridized carbons (Fsp3) is 0.316. The van der Waals surface area contributed by atoms with Crippen LogP contribution in [0.2, 0.25) is 0 Å². The van der Waals surface area contributed by atoms with Gasteiger partial charge in [0.15, 0.2) is 0 Å². The summed E-state index contributed by atoms with van der Waals surface area (Å²) in [5, 5.41) is 0. The average Bonchev–Trinajstić information content (AvgIpc) is 3.14. The molecule has 0 aliphatic carbocycles. The first-order chi connectivity index (χ1) is 11.3. The molecule has 1 fully saturated rings. The molecule has 120 valence electrons. The lowest BCUT2D eigenvalue weighted by Crippen LogP contribution is -2.18. The maximum absolute atomic E-state index is 12.0. The van der Waals surface area contributed by atoms with Gasteiger partial charge in [-0.1, -0.05) is 30.3 Å². The normalized spacial score (nSPS) is 13.9. The van der Waals surface area contributed by atoms with Gasteiger partial charge in [-0.15, -0.1) is 0 Å². The minimum absolute atomic E-state index is 0.374. The third-order valence-electron chi connectivity index (χ3n) is 4.08. The van der Waals surface area contributed by atoms with Crippen LogP contribution in [0, 0.1) is 0 Å². The van der Waals surface area contributed by atoms with E-state index >= 15 is 0 Å². The number of hydrogen-bond donors (Lipinski definition) is 0. The van der Waals surface area contributed by atoms with Crippen molar-refractivity contribution in [2.24, 2.45) is 0 Å². The molecule has 0 bridgehead atoms. The molecule has 0 aromatic heterocycles. The van der Waals surface area contributed by atoms with Crippen molar-refractivity contribution >= 4 is 11.7 Å². The van der Waals surface area contributed by atoms with Gasteiger partial charge in [0.25, 0.3) is 0 Å². The van der Waals surface area contributed by atoms with Gasteiger partial charge in [-0.2, -0.15) is 0 Å². The van der Waals surface area contributed by atoms with Gasteiger partial charge in [0, 0.05) is 24.8 Å². The molecule has 1 saturated heterocycles. The molecule has 1 heterocycles. The zero-order chi connectivity index (χ0) is 16.1. The summed E-state index contributed by atoms with van der Waals surface area (Å²) >= 11 is 0. The molecule has 3 rings (SSSR count). The van der Waals surface area contributed by atoms with Crippen LogP contribution in [0.3, 0.4) is 0 Å². The Kier molecular flexibility index (Phi) is 4.81. The van der Waals surface area contributed by atoms with Crippen molar-refractivity contribution in [1.29, 1.82) is 0 Å². The van der Waals surface area contributed by atoms with Crippen molar-refractivity contribution in [3.8, 4) is 5.75 Å². The third-order valence-corrected chi connectivity index (χ3v) is 4.08. The molecule has 0 spiro atoms. The number of esters is 1. The minimum Gasteiger partial charge on any atom is -0.488 e. The molecule has 4 heteroatoms. The Balaban J connectivity index is 1.84. The van der Waals surface area contributed by atoms with E-state index in [4.69, 9.17) is 9.47 Å². The second-order valence-corrected chi connectivity index (χ2v) is 5.64. The Labute approximate surface area is 136 Å². The summed E-state index contributed by atoms with van der Waals surface area (Å²) in [4.78, 5) is 14.3. The predicted molar refractivity (Wildman–Crippen MR) is 90.0 cm³/mol. The Morgan fingerprint density at radius 1 is 1.09 bits per heavy atom. The van der Waals surface area contributed by atoms with E-state index in [-0.39, 0.29) is 5.97 Å². The molecule has 1 aliphatic rings. The summed E-state index contributed by atoms with van der Waals surface area (Å²) in [5.74, 6) is 0.200. The first-order valence-electron chi connectivity index (χ1n) is 7.92. The van der Waals surface area contributed by atoms with Crippen molar-refractivity contribution in [3.05, 3.63) is 59.7 Å². The molecule has 1 aliphatic heterocycles. The highest BCUT2D eigenvalue weighted by molar-refractivity contribution is 5.93. The van der Waals surface area contributed by atoms with Crippen molar-refractivity contribution in [3.63, 3.8) is 0 Å². The van der Waals surface area contributed by atoms with Crippen LogP contribution >= 0.6 is 0 Å². The number of rotatable bonds is 5. The summed E-state index contributed by atoms with van der Waals surface area (Å²) in [5.41, 5.74) is 2.62. The molecule has 0 saturated carbocycles. The molecule has 0 amide bonds. The zero-order valence-corrected chi connectivity index (χ0v) is 13.3. The first kappa shape index (κ1) is 15.4. The van der Waals surface area contributed by atoms with Gasteiger partial charge in [0.2, 0.25) is 0 Å². The number of ether oxygens (including phenoxy) is 2. The highest BCUT2D eigenvalue weighted by Gasteiger charge is 2.18. The Hall–Kier alpha value is -2.49. The van der Waals surface area contributed by atoms with E-state index < -0.39 is 0 Å². The lowest BCUT2D eigenvalue weighted by Gasteiger charge is -2.20. The van der Waals surface area contributed by atoms with Crippen LogP contribution in [0.5, 0.6) is 5.75 Å². The molecule has 0 atom stereocenters. The molecule has 0 radical (unpaired) electrons. The van der Waals surface area contributed by atoms with Crippen LogP contribution in [0.4, 0.5) is 5.69 Å². The quantitative estimate of drug-likeness (QED) is 0.790. The van der Waals surface area contributed by atoms with E-state index in [9.17, 15) is 4.79 Å². The maximum Gasteiger partial charge on any atom is 0.341 e. The first-order valence-corrected chi connectivity index (χ1v) is 7.92. The Bertz CT molecular complexity index is 664.